The number of rotatable bonds is 13. The Kier molecular flexibility index (Phi) is 9.57. The molecule has 2 aromatic heterocycles. The number of nitrogens with zero attached hydrogens (tertiary/aromatic N) is 2. The average molecular weight is 479 g/mol. The van der Waals surface area contributed by atoms with E-state index in [1.54, 1.807) is 17.4 Å². The molecule has 1 aliphatic heterocycles. The Balaban J connectivity index is 1.50. The molecule has 0 aliphatic carbocycles. The number of hydrogen-bond donors (Lipinski definition) is 3. The molecular formula is C21H26N4O7S. The van der Waals surface area contributed by atoms with Gasteiger partial charge in [-0.1, -0.05) is 0 Å². The molecule has 0 unspecified atom stereocenters. The van der Waals surface area contributed by atoms with Crippen molar-refractivity contribution in [3.8, 4) is 0 Å². The summed E-state index contributed by atoms with van der Waals surface area (Å²) in [7, 11) is 0. The number of anilines is 1. The topological polar surface area (TPSA) is 145 Å². The second-order valence-electron chi connectivity index (χ2n) is 7.03. The predicted molar refractivity (Wildman–Crippen MR) is 121 cm³/mol. The summed E-state index contributed by atoms with van der Waals surface area (Å²) in [4.78, 5) is 26.8. The van der Waals surface area contributed by atoms with Crippen molar-refractivity contribution in [3.05, 3.63) is 62.7 Å². The SMILES string of the molecule is O=C(NCCNc1ccc([N+](=O)[O-])cn1)C1=C[C@@H](c2ccsc2)C[C@@H](OCCOCCO)O1. The van der Waals surface area contributed by atoms with Crippen LogP contribution in [0.3, 0.4) is 0 Å². The molecule has 0 saturated heterocycles. The Morgan fingerprint density at radius 2 is 2.18 bits per heavy atom. The Morgan fingerprint density at radius 1 is 1.30 bits per heavy atom. The van der Waals surface area contributed by atoms with Crippen LogP contribution < -0.4 is 10.6 Å². The number of aromatic nitrogens is 1. The van der Waals surface area contributed by atoms with Crippen LogP contribution in [0.15, 0.2) is 47.0 Å². The van der Waals surface area contributed by atoms with E-state index in [4.69, 9.17) is 19.3 Å². The zero-order valence-corrected chi connectivity index (χ0v) is 18.7. The van der Waals surface area contributed by atoms with E-state index in [0.29, 0.717) is 31.9 Å². The highest BCUT2D eigenvalue weighted by molar-refractivity contribution is 7.08. The lowest BCUT2D eigenvalue weighted by atomic mass is 9.95. The number of carbonyl (C=O) groups is 1. The van der Waals surface area contributed by atoms with Crippen molar-refractivity contribution in [3.63, 3.8) is 0 Å². The zero-order valence-electron chi connectivity index (χ0n) is 17.8. The van der Waals surface area contributed by atoms with Crippen molar-refractivity contribution < 1.29 is 29.0 Å². The van der Waals surface area contributed by atoms with Crippen LogP contribution >= 0.6 is 11.3 Å². The highest BCUT2D eigenvalue weighted by Crippen LogP contribution is 2.32. The Hall–Kier alpha value is -3.06. The number of hydrogen-bond acceptors (Lipinski definition) is 10. The number of ether oxygens (including phenoxy) is 3. The minimum atomic E-state index is -0.596. The van der Waals surface area contributed by atoms with E-state index < -0.39 is 11.2 Å². The highest BCUT2D eigenvalue weighted by Gasteiger charge is 2.28. The van der Waals surface area contributed by atoms with Crippen LogP contribution in [-0.2, 0) is 19.0 Å². The average Bonchev–Trinajstić information content (AvgIpc) is 3.37. The summed E-state index contributed by atoms with van der Waals surface area (Å²) in [5.41, 5.74) is 0.997. The first-order valence-corrected chi connectivity index (χ1v) is 11.3. The summed E-state index contributed by atoms with van der Waals surface area (Å²) >= 11 is 1.58. The fourth-order valence-electron chi connectivity index (χ4n) is 3.09. The Labute approximate surface area is 194 Å². The second kappa shape index (κ2) is 12.8. The standard InChI is InChI=1S/C21H26N4O7S/c26-6-7-30-8-9-31-20-12-16(15-3-10-33-14-15)11-18(32-20)21(27)23-5-4-22-19-2-1-17(13-24-19)25(28)29/h1-3,10-11,13-14,16,20,26H,4-9,12H2,(H,22,24)(H,23,27)/t16-,20+/m1/s1. The molecule has 1 amide bonds. The Morgan fingerprint density at radius 3 is 2.88 bits per heavy atom. The minimum Gasteiger partial charge on any atom is -0.459 e. The molecule has 1 aliphatic rings. The minimum absolute atomic E-state index is 0.0171. The van der Waals surface area contributed by atoms with Gasteiger partial charge in [0, 0.05) is 31.5 Å². The molecule has 33 heavy (non-hydrogen) atoms. The van der Waals surface area contributed by atoms with Gasteiger partial charge in [0.2, 0.25) is 6.29 Å². The third-order valence-electron chi connectivity index (χ3n) is 4.69. The smallest absolute Gasteiger partial charge is 0.287 e. The molecule has 12 heteroatoms. The van der Waals surface area contributed by atoms with Crippen molar-refractivity contribution >= 4 is 28.7 Å². The van der Waals surface area contributed by atoms with Crippen LogP contribution in [0.25, 0.3) is 0 Å². The largest absolute Gasteiger partial charge is 0.459 e. The number of pyridine rings is 1. The van der Waals surface area contributed by atoms with Gasteiger partial charge in [-0.15, -0.1) is 0 Å². The molecule has 3 heterocycles. The fourth-order valence-corrected chi connectivity index (χ4v) is 3.82. The van der Waals surface area contributed by atoms with E-state index in [1.165, 1.54) is 18.3 Å². The summed E-state index contributed by atoms with van der Waals surface area (Å²) < 4.78 is 16.7. The summed E-state index contributed by atoms with van der Waals surface area (Å²) in [6.45, 7) is 1.45. The maximum atomic E-state index is 12.7. The van der Waals surface area contributed by atoms with Crippen molar-refractivity contribution in [2.75, 3.05) is 44.8 Å². The van der Waals surface area contributed by atoms with Crippen LogP contribution in [0.4, 0.5) is 11.5 Å². The molecule has 2 aromatic rings. The molecule has 3 N–H and O–H groups in total. The van der Waals surface area contributed by atoms with E-state index >= 15 is 0 Å². The number of aliphatic hydroxyl groups is 1. The van der Waals surface area contributed by atoms with E-state index in [-0.39, 0.29) is 43.1 Å². The van der Waals surface area contributed by atoms with Crippen molar-refractivity contribution in [1.82, 2.24) is 10.3 Å². The first-order chi connectivity index (χ1) is 16.1. The molecule has 2 atom stereocenters. The van der Waals surface area contributed by atoms with E-state index in [0.717, 1.165) is 5.56 Å². The monoisotopic (exact) mass is 478 g/mol. The summed E-state index contributed by atoms with van der Waals surface area (Å²) in [6, 6.07) is 4.87. The lowest BCUT2D eigenvalue weighted by molar-refractivity contribution is -0.385. The maximum absolute atomic E-state index is 12.7. The van der Waals surface area contributed by atoms with Crippen molar-refractivity contribution in [1.29, 1.82) is 0 Å². The van der Waals surface area contributed by atoms with Gasteiger partial charge < -0.3 is 30.0 Å². The number of amides is 1. The quantitative estimate of drug-likeness (QED) is 0.224. The molecule has 0 fully saturated rings. The van der Waals surface area contributed by atoms with Crippen molar-refractivity contribution in [2.24, 2.45) is 0 Å². The maximum Gasteiger partial charge on any atom is 0.287 e. The Bertz CT molecular complexity index is 921. The van der Waals surface area contributed by atoms with Gasteiger partial charge >= 0.3 is 0 Å². The van der Waals surface area contributed by atoms with Crippen molar-refractivity contribution in [2.45, 2.75) is 18.6 Å². The summed E-state index contributed by atoms with van der Waals surface area (Å²) in [5, 5.41) is 29.2. The van der Waals surface area contributed by atoms with Gasteiger partial charge in [0.25, 0.3) is 11.6 Å². The van der Waals surface area contributed by atoms with Crippen LogP contribution in [0, 0.1) is 10.1 Å². The molecule has 0 bridgehead atoms. The van der Waals surface area contributed by atoms with E-state index in [2.05, 4.69) is 15.6 Å². The van der Waals surface area contributed by atoms with Gasteiger partial charge in [0.1, 0.15) is 12.0 Å². The fraction of sp³-hybridized carbons (Fsp3) is 0.429. The lowest BCUT2D eigenvalue weighted by Crippen LogP contribution is -2.35. The predicted octanol–water partition coefficient (Wildman–Crippen LogP) is 2.02. The molecule has 11 nitrogen and oxygen atoms in total. The normalized spacial score (nSPS) is 17.7. The van der Waals surface area contributed by atoms with Gasteiger partial charge in [0.05, 0.1) is 31.4 Å². The lowest BCUT2D eigenvalue weighted by Gasteiger charge is -2.29. The number of carbonyl (C=O) groups excluding carboxylic acids is 1. The van der Waals surface area contributed by atoms with Gasteiger partial charge in [-0.25, -0.2) is 4.98 Å². The summed E-state index contributed by atoms with van der Waals surface area (Å²) in [6.07, 6.45) is 2.94. The molecule has 3 rings (SSSR count). The molecule has 0 radical (unpaired) electrons. The molecule has 178 valence electrons. The molecular weight excluding hydrogens is 452 g/mol. The van der Waals surface area contributed by atoms with Crippen LogP contribution in [0.1, 0.15) is 17.9 Å². The third kappa shape index (κ3) is 7.79. The molecule has 0 aromatic carbocycles. The first-order valence-electron chi connectivity index (χ1n) is 10.4. The number of nitrogens with one attached hydrogen (secondary N) is 2. The number of aliphatic hydroxyl groups excluding tert-OH is 1. The third-order valence-corrected chi connectivity index (χ3v) is 5.40. The van der Waals surface area contributed by atoms with Crippen LogP contribution in [0.5, 0.6) is 0 Å². The number of thiophene rings is 1. The molecule has 0 saturated carbocycles. The summed E-state index contributed by atoms with van der Waals surface area (Å²) in [5.74, 6) is 0.277. The van der Waals surface area contributed by atoms with Gasteiger partial charge in [0.15, 0.2) is 5.76 Å². The second-order valence-corrected chi connectivity index (χ2v) is 7.81. The van der Waals surface area contributed by atoms with Crippen LogP contribution in [0.2, 0.25) is 0 Å². The van der Waals surface area contributed by atoms with Gasteiger partial charge in [-0.2, -0.15) is 11.3 Å². The number of nitro groups is 1. The zero-order chi connectivity index (χ0) is 23.5. The molecule has 0 spiro atoms. The van der Waals surface area contributed by atoms with Crippen LogP contribution in [-0.4, -0.2) is 66.7 Å². The first kappa shape index (κ1) is 24.6. The van der Waals surface area contributed by atoms with Gasteiger partial charge in [-0.05, 0) is 34.5 Å². The van der Waals surface area contributed by atoms with Gasteiger partial charge in [-0.3, -0.25) is 14.9 Å². The highest BCUT2D eigenvalue weighted by atomic mass is 32.1. The van der Waals surface area contributed by atoms with E-state index in [1.807, 2.05) is 16.8 Å². The van der Waals surface area contributed by atoms with E-state index in [9.17, 15) is 14.9 Å². The number of allylic oxidation sites excluding steroid dienone is 1.